The molecule has 1 fully saturated rings. The van der Waals surface area contributed by atoms with Crippen LogP contribution < -0.4 is 9.80 Å². The van der Waals surface area contributed by atoms with Crippen molar-refractivity contribution >= 4 is 17.4 Å². The maximum atomic E-state index is 13.1. The molecular weight excluding hydrogens is 354 g/mol. The van der Waals surface area contributed by atoms with Gasteiger partial charge in [0.05, 0.1) is 6.20 Å². The van der Waals surface area contributed by atoms with E-state index in [1.165, 1.54) is 0 Å². The molecule has 2 aliphatic rings. The van der Waals surface area contributed by atoms with Crippen LogP contribution in [0.4, 0.5) is 11.5 Å². The first-order chi connectivity index (χ1) is 13.7. The smallest absolute Gasteiger partial charge is 0.252 e. The fourth-order valence-corrected chi connectivity index (χ4v) is 4.41. The molecule has 1 saturated heterocycles. The number of pyridine rings is 1. The van der Waals surface area contributed by atoms with Crippen molar-refractivity contribution < 1.29 is 4.79 Å². The molecule has 0 saturated carbocycles. The average molecular weight is 375 g/mol. The van der Waals surface area contributed by atoms with E-state index in [0.717, 1.165) is 43.0 Å². The molecule has 0 aromatic carbocycles. The summed E-state index contributed by atoms with van der Waals surface area (Å²) in [5.41, 5.74) is 1.01. The highest BCUT2D eigenvalue weighted by atomic mass is 16.2. The standard InChI is InChI=1S/C20H21N7O/c1-3-20-8-6-11-27(20)17-15(25(2)18(20)28)13-23-19(24-17)26-12-10-22-16(26)14-7-4-5-9-21-14/h4-5,7,9-10,12-13H,3,6,8,11H2,1-2H3/t20-/m0/s1. The van der Waals surface area contributed by atoms with E-state index in [1.54, 1.807) is 23.5 Å². The Morgan fingerprint density at radius 3 is 2.86 bits per heavy atom. The van der Waals surface area contributed by atoms with Gasteiger partial charge in [-0.1, -0.05) is 13.0 Å². The van der Waals surface area contributed by atoms with Crippen molar-refractivity contribution in [3.05, 3.63) is 43.0 Å². The van der Waals surface area contributed by atoms with Crippen molar-refractivity contribution in [3.8, 4) is 17.5 Å². The second-order valence-electron chi connectivity index (χ2n) is 7.22. The third-order valence-electron chi connectivity index (χ3n) is 5.88. The Kier molecular flexibility index (Phi) is 3.68. The molecule has 0 unspecified atom stereocenters. The van der Waals surface area contributed by atoms with Crippen molar-refractivity contribution in [1.82, 2.24) is 24.5 Å². The van der Waals surface area contributed by atoms with Gasteiger partial charge in [0.2, 0.25) is 5.95 Å². The third kappa shape index (κ3) is 2.20. The second kappa shape index (κ2) is 6.12. The summed E-state index contributed by atoms with van der Waals surface area (Å²) < 4.78 is 1.84. The number of anilines is 2. The molecular formula is C20H21N7O. The number of amides is 1. The molecule has 3 aromatic heterocycles. The number of imidazole rings is 1. The number of carbonyl (C=O) groups excluding carboxylic acids is 1. The molecule has 5 heterocycles. The molecule has 0 spiro atoms. The maximum Gasteiger partial charge on any atom is 0.252 e. The average Bonchev–Trinajstić information content (AvgIpc) is 3.40. The lowest BCUT2D eigenvalue weighted by atomic mass is 9.89. The normalized spacial score (nSPS) is 21.0. The van der Waals surface area contributed by atoms with Crippen LogP contribution in [0, 0.1) is 0 Å². The Balaban J connectivity index is 1.65. The van der Waals surface area contributed by atoms with E-state index in [4.69, 9.17) is 4.98 Å². The minimum Gasteiger partial charge on any atom is -0.340 e. The maximum absolute atomic E-state index is 13.1. The first-order valence-corrected chi connectivity index (χ1v) is 9.53. The Morgan fingerprint density at radius 1 is 1.18 bits per heavy atom. The predicted molar refractivity (Wildman–Crippen MR) is 105 cm³/mol. The Bertz CT molecular complexity index is 1050. The number of likely N-dealkylation sites (N-methyl/N-ethyl adjacent to an activating group) is 1. The van der Waals surface area contributed by atoms with Crippen molar-refractivity contribution in [2.45, 2.75) is 31.7 Å². The van der Waals surface area contributed by atoms with Gasteiger partial charge in [-0.3, -0.25) is 14.3 Å². The first-order valence-electron chi connectivity index (χ1n) is 9.53. The summed E-state index contributed by atoms with van der Waals surface area (Å²) in [5, 5.41) is 0. The highest BCUT2D eigenvalue weighted by Crippen LogP contribution is 2.45. The lowest BCUT2D eigenvalue weighted by Gasteiger charge is -2.45. The summed E-state index contributed by atoms with van der Waals surface area (Å²) >= 11 is 0. The topological polar surface area (TPSA) is 80.0 Å². The number of nitrogens with zero attached hydrogens (tertiary/aromatic N) is 7. The lowest BCUT2D eigenvalue weighted by Crippen LogP contribution is -2.59. The Morgan fingerprint density at radius 2 is 2.07 bits per heavy atom. The van der Waals surface area contributed by atoms with Crippen LogP contribution in [-0.4, -0.2) is 49.5 Å². The molecule has 5 rings (SSSR count). The molecule has 0 radical (unpaired) electrons. The molecule has 1 amide bonds. The number of aromatic nitrogens is 5. The Labute approximate surface area is 162 Å². The number of hydrogen-bond acceptors (Lipinski definition) is 6. The second-order valence-corrected chi connectivity index (χ2v) is 7.22. The van der Waals surface area contributed by atoms with Crippen LogP contribution in [-0.2, 0) is 4.79 Å². The molecule has 2 aliphatic heterocycles. The van der Waals surface area contributed by atoms with E-state index in [1.807, 2.05) is 36.0 Å². The molecule has 0 bridgehead atoms. The van der Waals surface area contributed by atoms with Crippen molar-refractivity contribution in [2.75, 3.05) is 23.4 Å². The van der Waals surface area contributed by atoms with Gasteiger partial charge in [-0.05, 0) is 31.4 Å². The van der Waals surface area contributed by atoms with Crippen molar-refractivity contribution in [3.63, 3.8) is 0 Å². The van der Waals surface area contributed by atoms with Crippen molar-refractivity contribution in [1.29, 1.82) is 0 Å². The summed E-state index contributed by atoms with van der Waals surface area (Å²) in [4.78, 5) is 35.2. The van der Waals surface area contributed by atoms with Gasteiger partial charge in [0.15, 0.2) is 11.6 Å². The van der Waals surface area contributed by atoms with Gasteiger partial charge in [-0.25, -0.2) is 9.97 Å². The highest BCUT2D eigenvalue weighted by molar-refractivity contribution is 6.07. The molecule has 8 heteroatoms. The van der Waals surface area contributed by atoms with Crippen LogP contribution in [0.25, 0.3) is 17.5 Å². The Hall–Kier alpha value is -3.29. The fourth-order valence-electron chi connectivity index (χ4n) is 4.41. The summed E-state index contributed by atoms with van der Waals surface area (Å²) in [6.07, 6.45) is 9.62. The number of fused-ring (bicyclic) bond motifs is 3. The summed E-state index contributed by atoms with van der Waals surface area (Å²) in [7, 11) is 1.81. The molecule has 28 heavy (non-hydrogen) atoms. The van der Waals surface area contributed by atoms with Gasteiger partial charge in [0, 0.05) is 32.2 Å². The van der Waals surface area contributed by atoms with Crippen LogP contribution in [0.3, 0.4) is 0 Å². The van der Waals surface area contributed by atoms with Gasteiger partial charge in [0.1, 0.15) is 16.9 Å². The summed E-state index contributed by atoms with van der Waals surface area (Å²) in [6, 6.07) is 5.71. The fraction of sp³-hybridized carbons (Fsp3) is 0.350. The van der Waals surface area contributed by atoms with E-state index in [-0.39, 0.29) is 5.91 Å². The lowest BCUT2D eigenvalue weighted by molar-refractivity contribution is -0.123. The van der Waals surface area contributed by atoms with E-state index in [0.29, 0.717) is 11.8 Å². The van der Waals surface area contributed by atoms with E-state index in [2.05, 4.69) is 26.8 Å². The first kappa shape index (κ1) is 16.9. The third-order valence-corrected chi connectivity index (χ3v) is 5.88. The van der Waals surface area contributed by atoms with E-state index >= 15 is 0 Å². The zero-order valence-corrected chi connectivity index (χ0v) is 15.9. The minimum absolute atomic E-state index is 0.133. The van der Waals surface area contributed by atoms with E-state index in [9.17, 15) is 4.79 Å². The molecule has 8 nitrogen and oxygen atoms in total. The van der Waals surface area contributed by atoms with Crippen LogP contribution in [0.15, 0.2) is 43.0 Å². The van der Waals surface area contributed by atoms with E-state index < -0.39 is 5.54 Å². The zero-order chi connectivity index (χ0) is 19.3. The predicted octanol–water partition coefficient (Wildman–Crippen LogP) is 2.45. The van der Waals surface area contributed by atoms with Gasteiger partial charge in [-0.15, -0.1) is 0 Å². The molecule has 1 atom stereocenters. The van der Waals surface area contributed by atoms with Gasteiger partial charge in [-0.2, -0.15) is 4.98 Å². The largest absolute Gasteiger partial charge is 0.340 e. The number of rotatable bonds is 3. The summed E-state index contributed by atoms with van der Waals surface area (Å²) in [6.45, 7) is 2.90. The highest BCUT2D eigenvalue weighted by Gasteiger charge is 2.52. The van der Waals surface area contributed by atoms with Crippen LogP contribution >= 0.6 is 0 Å². The zero-order valence-electron chi connectivity index (χ0n) is 15.9. The van der Waals surface area contributed by atoms with Crippen LogP contribution in [0.2, 0.25) is 0 Å². The van der Waals surface area contributed by atoms with Gasteiger partial charge < -0.3 is 9.80 Å². The SMILES string of the molecule is CC[C@@]12CCCN1c1nc(-n3ccnc3-c3ccccn3)ncc1N(C)C2=O. The van der Waals surface area contributed by atoms with Crippen molar-refractivity contribution in [2.24, 2.45) is 0 Å². The van der Waals surface area contributed by atoms with Gasteiger partial charge >= 0.3 is 0 Å². The monoisotopic (exact) mass is 375 g/mol. The molecule has 142 valence electrons. The van der Waals surface area contributed by atoms with Crippen LogP contribution in [0.1, 0.15) is 26.2 Å². The quantitative estimate of drug-likeness (QED) is 0.700. The van der Waals surface area contributed by atoms with Gasteiger partial charge in [0.25, 0.3) is 5.91 Å². The molecule has 0 N–H and O–H groups in total. The number of carbonyl (C=O) groups is 1. The molecule has 3 aromatic rings. The van der Waals surface area contributed by atoms with Crippen LogP contribution in [0.5, 0.6) is 0 Å². The number of hydrogen-bond donors (Lipinski definition) is 0. The molecule has 0 aliphatic carbocycles. The summed E-state index contributed by atoms with van der Waals surface area (Å²) in [5.74, 6) is 2.15. The minimum atomic E-state index is -0.494.